The summed E-state index contributed by atoms with van der Waals surface area (Å²) in [7, 11) is -2.27. The number of nitrogens with two attached hydrogens (primary N) is 1. The summed E-state index contributed by atoms with van der Waals surface area (Å²) in [6.45, 7) is 0. The van der Waals surface area contributed by atoms with Gasteiger partial charge >= 0.3 is 0 Å². The molecule has 0 unspecified atom stereocenters. The number of benzene rings is 1. The molecule has 0 aliphatic heterocycles. The first-order valence-corrected chi connectivity index (χ1v) is 7.77. The van der Waals surface area contributed by atoms with Crippen molar-refractivity contribution < 1.29 is 13.2 Å². The molecule has 0 bridgehead atoms. The number of halogens is 1. The van der Waals surface area contributed by atoms with Gasteiger partial charge in [0.25, 0.3) is 10.0 Å². The van der Waals surface area contributed by atoms with E-state index in [0.29, 0.717) is 15.9 Å². The van der Waals surface area contributed by atoms with Gasteiger partial charge in [0.1, 0.15) is 10.6 Å². The maximum Gasteiger partial charge on any atom is 0.263 e. The number of rotatable bonds is 4. The van der Waals surface area contributed by atoms with Crippen LogP contribution in [0.15, 0.2) is 46.0 Å². The number of aromatic nitrogens is 1. The maximum absolute atomic E-state index is 12.2. The first-order valence-electron chi connectivity index (χ1n) is 5.49. The van der Waals surface area contributed by atoms with Gasteiger partial charge < -0.3 is 10.5 Å². The van der Waals surface area contributed by atoms with Crippen LogP contribution in [0.2, 0.25) is 0 Å². The Hall–Kier alpha value is -1.80. The van der Waals surface area contributed by atoms with Crippen LogP contribution in [0.4, 0.5) is 11.4 Å². The lowest BCUT2D eigenvalue weighted by Crippen LogP contribution is -2.14. The van der Waals surface area contributed by atoms with Crippen molar-refractivity contribution in [1.82, 2.24) is 4.98 Å². The molecular weight excluding hydrogens is 346 g/mol. The van der Waals surface area contributed by atoms with E-state index in [1.54, 1.807) is 12.1 Å². The third-order valence-corrected chi connectivity index (χ3v) is 4.26. The summed E-state index contributed by atoms with van der Waals surface area (Å²) in [4.78, 5) is 3.86. The third-order valence-electron chi connectivity index (χ3n) is 2.49. The lowest BCUT2D eigenvalue weighted by atomic mass is 10.2. The molecule has 1 aromatic heterocycles. The summed E-state index contributed by atoms with van der Waals surface area (Å²) < 4.78 is 32.5. The van der Waals surface area contributed by atoms with Crippen LogP contribution < -0.4 is 15.2 Å². The lowest BCUT2D eigenvalue weighted by Gasteiger charge is -2.11. The smallest absolute Gasteiger partial charge is 0.263 e. The maximum atomic E-state index is 12.2. The second kappa shape index (κ2) is 5.68. The van der Waals surface area contributed by atoms with E-state index < -0.39 is 10.0 Å². The minimum atomic E-state index is -3.76. The van der Waals surface area contributed by atoms with E-state index in [1.165, 1.54) is 31.6 Å². The van der Waals surface area contributed by atoms with Crippen molar-refractivity contribution in [2.45, 2.75) is 4.90 Å². The van der Waals surface area contributed by atoms with Crippen molar-refractivity contribution in [2.24, 2.45) is 0 Å². The molecule has 106 valence electrons. The number of nitrogen functional groups attached to an aromatic ring is 1. The van der Waals surface area contributed by atoms with Gasteiger partial charge in [-0.3, -0.25) is 9.71 Å². The van der Waals surface area contributed by atoms with Crippen molar-refractivity contribution in [2.75, 3.05) is 17.6 Å². The van der Waals surface area contributed by atoms with E-state index in [0.717, 1.165) is 0 Å². The molecule has 0 fully saturated rings. The van der Waals surface area contributed by atoms with E-state index >= 15 is 0 Å². The molecule has 0 saturated carbocycles. The topological polar surface area (TPSA) is 94.3 Å². The number of pyridine rings is 1. The Bertz CT molecular complexity index is 734. The Labute approximate surface area is 125 Å². The first kappa shape index (κ1) is 14.6. The minimum Gasteiger partial charge on any atom is -0.497 e. The average molecular weight is 358 g/mol. The molecule has 1 aromatic carbocycles. The second-order valence-corrected chi connectivity index (χ2v) is 6.50. The molecular formula is C12H12BrN3O3S. The highest BCUT2D eigenvalue weighted by molar-refractivity contribution is 9.10. The van der Waals surface area contributed by atoms with Gasteiger partial charge in [-0.15, -0.1) is 0 Å². The fraction of sp³-hybridized carbons (Fsp3) is 0.0833. The highest BCUT2D eigenvalue weighted by Crippen LogP contribution is 2.27. The number of hydrogen-bond donors (Lipinski definition) is 2. The molecule has 0 saturated heterocycles. The quantitative estimate of drug-likeness (QED) is 0.818. The fourth-order valence-electron chi connectivity index (χ4n) is 1.49. The Morgan fingerprint density at radius 3 is 2.70 bits per heavy atom. The van der Waals surface area contributed by atoms with Gasteiger partial charge in [0, 0.05) is 22.9 Å². The number of hydrogen-bond acceptors (Lipinski definition) is 5. The monoisotopic (exact) mass is 357 g/mol. The molecule has 8 heteroatoms. The van der Waals surface area contributed by atoms with Crippen LogP contribution in [0.3, 0.4) is 0 Å². The molecule has 0 atom stereocenters. The Morgan fingerprint density at radius 2 is 2.05 bits per heavy atom. The summed E-state index contributed by atoms with van der Waals surface area (Å²) in [5.41, 5.74) is 6.31. The number of nitrogens with one attached hydrogen (secondary N) is 1. The molecule has 20 heavy (non-hydrogen) atoms. The summed E-state index contributed by atoms with van der Waals surface area (Å²) in [5, 5.41) is 0. The first-order chi connectivity index (χ1) is 9.42. The van der Waals surface area contributed by atoms with Gasteiger partial charge in [-0.2, -0.15) is 0 Å². The lowest BCUT2D eigenvalue weighted by molar-refractivity contribution is 0.415. The normalized spacial score (nSPS) is 11.1. The fourth-order valence-corrected chi connectivity index (χ4v) is 3.08. The predicted octanol–water partition coefficient (Wildman–Crippen LogP) is 2.24. The molecule has 3 N–H and O–H groups in total. The van der Waals surface area contributed by atoms with Gasteiger partial charge in [0.05, 0.1) is 18.5 Å². The largest absolute Gasteiger partial charge is 0.497 e. The van der Waals surface area contributed by atoms with Crippen molar-refractivity contribution in [3.05, 3.63) is 41.1 Å². The highest BCUT2D eigenvalue weighted by Gasteiger charge is 2.16. The van der Waals surface area contributed by atoms with Gasteiger partial charge in [-0.25, -0.2) is 8.42 Å². The number of methoxy groups -OCH3 is 1. The Kier molecular flexibility index (Phi) is 4.15. The number of ether oxygens (including phenoxy) is 1. The van der Waals surface area contributed by atoms with Gasteiger partial charge in [0.15, 0.2) is 0 Å². The number of sulfonamides is 1. The van der Waals surface area contributed by atoms with E-state index in [2.05, 4.69) is 25.6 Å². The van der Waals surface area contributed by atoms with Crippen molar-refractivity contribution >= 4 is 37.3 Å². The highest BCUT2D eigenvalue weighted by atomic mass is 79.9. The van der Waals surface area contributed by atoms with Crippen molar-refractivity contribution in [1.29, 1.82) is 0 Å². The SMILES string of the molecule is COc1ccc(N)c(NS(=O)(=O)c2cncc(Br)c2)c1. The third kappa shape index (κ3) is 3.20. The molecule has 1 heterocycles. The Balaban J connectivity index is 2.38. The van der Waals surface area contributed by atoms with E-state index in [9.17, 15) is 8.42 Å². The molecule has 0 spiro atoms. The van der Waals surface area contributed by atoms with Crippen LogP contribution in [0.1, 0.15) is 0 Å². The van der Waals surface area contributed by atoms with E-state index in [-0.39, 0.29) is 10.6 Å². The summed E-state index contributed by atoms with van der Waals surface area (Å²) >= 11 is 3.18. The van der Waals surface area contributed by atoms with Gasteiger partial charge in [-0.05, 0) is 34.1 Å². The minimum absolute atomic E-state index is 0.0362. The van der Waals surface area contributed by atoms with Crippen LogP contribution in [-0.2, 0) is 10.0 Å². The number of nitrogens with zero attached hydrogens (tertiary/aromatic N) is 1. The van der Waals surface area contributed by atoms with Crippen LogP contribution in [0.25, 0.3) is 0 Å². The summed E-state index contributed by atoms with van der Waals surface area (Å²) in [6, 6.07) is 6.17. The zero-order valence-electron chi connectivity index (χ0n) is 10.5. The van der Waals surface area contributed by atoms with Crippen LogP contribution in [-0.4, -0.2) is 20.5 Å². The van der Waals surface area contributed by atoms with Gasteiger partial charge in [0.2, 0.25) is 0 Å². The molecule has 6 nitrogen and oxygen atoms in total. The summed E-state index contributed by atoms with van der Waals surface area (Å²) in [5.74, 6) is 0.504. The molecule has 0 aliphatic carbocycles. The van der Waals surface area contributed by atoms with Gasteiger partial charge in [-0.1, -0.05) is 0 Å². The molecule has 2 aromatic rings. The number of anilines is 2. The van der Waals surface area contributed by atoms with Crippen LogP contribution in [0, 0.1) is 0 Å². The zero-order chi connectivity index (χ0) is 14.8. The Morgan fingerprint density at radius 1 is 1.30 bits per heavy atom. The standard InChI is InChI=1S/C12H12BrN3O3S/c1-19-9-2-3-11(14)12(5-9)16-20(17,18)10-4-8(13)6-15-7-10/h2-7,16H,14H2,1H3. The molecule has 2 rings (SSSR count). The second-order valence-electron chi connectivity index (χ2n) is 3.90. The van der Waals surface area contributed by atoms with Crippen molar-refractivity contribution in [3.63, 3.8) is 0 Å². The van der Waals surface area contributed by atoms with Crippen molar-refractivity contribution in [3.8, 4) is 5.75 Å². The summed E-state index contributed by atoms with van der Waals surface area (Å²) in [6.07, 6.45) is 2.75. The van der Waals surface area contributed by atoms with Crippen LogP contribution >= 0.6 is 15.9 Å². The van der Waals surface area contributed by atoms with E-state index in [4.69, 9.17) is 10.5 Å². The molecule has 0 radical (unpaired) electrons. The molecule has 0 amide bonds. The van der Waals surface area contributed by atoms with E-state index in [1.807, 2.05) is 0 Å². The molecule has 0 aliphatic rings. The predicted molar refractivity (Wildman–Crippen MR) is 80.2 cm³/mol. The average Bonchev–Trinajstić information content (AvgIpc) is 2.41. The van der Waals surface area contributed by atoms with Crippen LogP contribution in [0.5, 0.6) is 5.75 Å². The zero-order valence-corrected chi connectivity index (χ0v) is 12.9.